The number of hydrogen-bond donors (Lipinski definition) is 1. The van der Waals surface area contributed by atoms with E-state index in [2.05, 4.69) is 0 Å². The third-order valence-corrected chi connectivity index (χ3v) is 5.80. The van der Waals surface area contributed by atoms with Gasteiger partial charge >= 0.3 is 0 Å². The fourth-order valence-electron chi connectivity index (χ4n) is 4.20. The molecule has 0 amide bonds. The molecule has 0 bridgehead atoms. The lowest BCUT2D eigenvalue weighted by Gasteiger charge is -2.29. The average Bonchev–Trinajstić information content (AvgIpc) is 3.15. The standard InChI is InChI=1S/C21H19N5O4S/c22-21(31)24-20(14-6-10-17(11-7-14)26(29)30)18-3-1-2-15(19(18)23-24)12-13-4-8-16(9-5-13)25(27)28/h4-12,18,20H,1-3H2,(H2,22,31)/b15-12-/t18-,20-/m0/s1. The van der Waals surface area contributed by atoms with Crippen molar-refractivity contribution in [3.63, 3.8) is 0 Å². The Balaban J connectivity index is 1.68. The second-order valence-electron chi connectivity index (χ2n) is 7.48. The number of benzene rings is 2. The highest BCUT2D eigenvalue weighted by Gasteiger charge is 2.42. The van der Waals surface area contributed by atoms with Crippen molar-refractivity contribution in [1.29, 1.82) is 0 Å². The van der Waals surface area contributed by atoms with Crippen molar-refractivity contribution in [2.45, 2.75) is 25.3 Å². The van der Waals surface area contributed by atoms with Crippen LogP contribution in [0, 0.1) is 26.1 Å². The summed E-state index contributed by atoms with van der Waals surface area (Å²) < 4.78 is 0. The van der Waals surface area contributed by atoms with Crippen LogP contribution in [0.25, 0.3) is 6.08 Å². The highest BCUT2D eigenvalue weighted by Crippen LogP contribution is 2.44. The van der Waals surface area contributed by atoms with Gasteiger partial charge in [0.2, 0.25) is 0 Å². The molecule has 0 saturated heterocycles. The number of non-ortho nitro benzene ring substituents is 2. The molecule has 0 unspecified atom stereocenters. The van der Waals surface area contributed by atoms with Crippen LogP contribution < -0.4 is 5.73 Å². The third-order valence-electron chi connectivity index (χ3n) is 5.62. The molecule has 0 radical (unpaired) electrons. The number of fused-ring (bicyclic) bond motifs is 1. The Morgan fingerprint density at radius 1 is 1.06 bits per heavy atom. The molecule has 1 heterocycles. The zero-order chi connectivity index (χ0) is 22.1. The van der Waals surface area contributed by atoms with Crippen LogP contribution >= 0.6 is 12.2 Å². The molecule has 158 valence electrons. The number of nitrogens with zero attached hydrogens (tertiary/aromatic N) is 4. The largest absolute Gasteiger partial charge is 0.375 e. The molecule has 4 rings (SSSR count). The molecule has 1 saturated carbocycles. The predicted octanol–water partition coefficient (Wildman–Crippen LogP) is 4.34. The molecule has 9 nitrogen and oxygen atoms in total. The first-order valence-electron chi connectivity index (χ1n) is 9.72. The van der Waals surface area contributed by atoms with Crippen molar-refractivity contribution >= 4 is 40.5 Å². The van der Waals surface area contributed by atoms with Crippen LogP contribution in [0.15, 0.2) is 59.2 Å². The van der Waals surface area contributed by atoms with E-state index < -0.39 is 9.85 Å². The molecule has 2 aromatic rings. The predicted molar refractivity (Wildman–Crippen MR) is 120 cm³/mol. The highest BCUT2D eigenvalue weighted by molar-refractivity contribution is 7.80. The first-order valence-corrected chi connectivity index (χ1v) is 10.1. The highest BCUT2D eigenvalue weighted by atomic mass is 32.1. The minimum absolute atomic E-state index is 0.0205. The van der Waals surface area contributed by atoms with Gasteiger partial charge in [-0.2, -0.15) is 5.10 Å². The van der Waals surface area contributed by atoms with Crippen LogP contribution in [-0.2, 0) is 0 Å². The van der Waals surface area contributed by atoms with Gasteiger partial charge < -0.3 is 5.73 Å². The summed E-state index contributed by atoms with van der Waals surface area (Å²) in [6.07, 6.45) is 4.64. The van der Waals surface area contributed by atoms with E-state index in [9.17, 15) is 20.2 Å². The summed E-state index contributed by atoms with van der Waals surface area (Å²) in [4.78, 5) is 21.0. The van der Waals surface area contributed by atoms with E-state index in [1.54, 1.807) is 29.3 Å². The summed E-state index contributed by atoms with van der Waals surface area (Å²) >= 11 is 5.23. The number of hydrazone groups is 1. The van der Waals surface area contributed by atoms with Crippen molar-refractivity contribution in [3.05, 3.63) is 85.5 Å². The number of hydrogen-bond acceptors (Lipinski definition) is 6. The maximum absolute atomic E-state index is 11.0. The summed E-state index contributed by atoms with van der Waals surface area (Å²) in [5, 5.41) is 28.4. The van der Waals surface area contributed by atoms with E-state index in [1.165, 1.54) is 24.3 Å². The molecular formula is C21H19N5O4S. The van der Waals surface area contributed by atoms with Gasteiger partial charge in [0, 0.05) is 30.2 Å². The third kappa shape index (κ3) is 4.02. The molecule has 1 fully saturated rings. The second kappa shape index (κ2) is 8.23. The molecule has 0 spiro atoms. The van der Waals surface area contributed by atoms with Gasteiger partial charge in [0.1, 0.15) is 0 Å². The van der Waals surface area contributed by atoms with Crippen LogP contribution in [0.1, 0.15) is 36.4 Å². The SMILES string of the molecule is NC(=S)N1N=C2/C(=C\c3ccc([N+](=O)[O-])cc3)CCC[C@@H]2[C@@H]1c1ccc([N+](=O)[O-])cc1. The van der Waals surface area contributed by atoms with Gasteiger partial charge in [-0.1, -0.05) is 12.1 Å². The smallest absolute Gasteiger partial charge is 0.269 e. The zero-order valence-electron chi connectivity index (χ0n) is 16.4. The summed E-state index contributed by atoms with van der Waals surface area (Å²) in [5.41, 5.74) is 9.66. The molecule has 2 aromatic carbocycles. The summed E-state index contributed by atoms with van der Waals surface area (Å²) in [6.45, 7) is 0. The zero-order valence-corrected chi connectivity index (χ0v) is 17.2. The maximum atomic E-state index is 11.0. The number of allylic oxidation sites excluding steroid dienone is 1. The summed E-state index contributed by atoms with van der Waals surface area (Å²) in [7, 11) is 0. The molecule has 1 aliphatic carbocycles. The second-order valence-corrected chi connectivity index (χ2v) is 7.90. The van der Waals surface area contributed by atoms with E-state index in [0.29, 0.717) is 0 Å². The lowest BCUT2D eigenvalue weighted by molar-refractivity contribution is -0.385. The quantitative estimate of drug-likeness (QED) is 0.428. The first kappa shape index (κ1) is 20.6. The Hall–Kier alpha value is -3.66. The van der Waals surface area contributed by atoms with Crippen molar-refractivity contribution < 1.29 is 9.85 Å². The van der Waals surface area contributed by atoms with Gasteiger partial charge in [0.25, 0.3) is 11.4 Å². The first-order chi connectivity index (χ1) is 14.8. The molecular weight excluding hydrogens is 418 g/mol. The van der Waals surface area contributed by atoms with E-state index in [-0.39, 0.29) is 28.4 Å². The van der Waals surface area contributed by atoms with E-state index in [4.69, 9.17) is 23.1 Å². The van der Waals surface area contributed by atoms with Gasteiger partial charge in [-0.25, -0.2) is 5.01 Å². The Morgan fingerprint density at radius 2 is 1.65 bits per heavy atom. The Kier molecular flexibility index (Phi) is 5.47. The molecule has 10 heteroatoms. The van der Waals surface area contributed by atoms with Crippen LogP contribution in [-0.4, -0.2) is 25.7 Å². The van der Waals surface area contributed by atoms with Gasteiger partial charge in [-0.3, -0.25) is 20.2 Å². The van der Waals surface area contributed by atoms with Crippen molar-refractivity contribution in [3.8, 4) is 0 Å². The molecule has 2 aliphatic rings. The van der Waals surface area contributed by atoms with Crippen molar-refractivity contribution in [2.75, 3.05) is 0 Å². The Bertz CT molecular complexity index is 1110. The molecule has 2 N–H and O–H groups in total. The maximum Gasteiger partial charge on any atom is 0.269 e. The van der Waals surface area contributed by atoms with E-state index in [1.807, 2.05) is 6.08 Å². The average molecular weight is 437 g/mol. The fourth-order valence-corrected chi connectivity index (χ4v) is 4.36. The Labute approximate surface area is 183 Å². The van der Waals surface area contributed by atoms with Crippen LogP contribution in [0.5, 0.6) is 0 Å². The van der Waals surface area contributed by atoms with Gasteiger partial charge in [0.05, 0.1) is 21.6 Å². The summed E-state index contributed by atoms with van der Waals surface area (Å²) in [5.74, 6) is 0.0426. The molecule has 0 aromatic heterocycles. The number of nitro benzene ring substituents is 2. The number of nitro groups is 2. The van der Waals surface area contributed by atoms with Crippen molar-refractivity contribution in [2.24, 2.45) is 16.8 Å². The molecule has 2 atom stereocenters. The van der Waals surface area contributed by atoms with Crippen LogP contribution in [0.4, 0.5) is 11.4 Å². The summed E-state index contributed by atoms with van der Waals surface area (Å²) in [6, 6.07) is 12.5. The molecule has 1 aliphatic heterocycles. The van der Waals surface area contributed by atoms with E-state index >= 15 is 0 Å². The topological polar surface area (TPSA) is 128 Å². The lowest BCUT2D eigenvalue weighted by Crippen LogP contribution is -2.34. The number of nitrogens with two attached hydrogens (primary N) is 1. The van der Waals surface area contributed by atoms with Gasteiger partial charge in [-0.05, 0) is 66.4 Å². The Morgan fingerprint density at radius 3 is 2.19 bits per heavy atom. The van der Waals surface area contributed by atoms with Crippen molar-refractivity contribution in [1.82, 2.24) is 5.01 Å². The monoisotopic (exact) mass is 437 g/mol. The van der Waals surface area contributed by atoms with Gasteiger partial charge in [0.15, 0.2) is 5.11 Å². The van der Waals surface area contributed by atoms with Crippen LogP contribution in [0.2, 0.25) is 0 Å². The van der Waals surface area contributed by atoms with Crippen LogP contribution in [0.3, 0.4) is 0 Å². The molecule has 31 heavy (non-hydrogen) atoms. The van der Waals surface area contributed by atoms with Gasteiger partial charge in [-0.15, -0.1) is 0 Å². The number of thiocarbonyl (C=S) groups is 1. The minimum Gasteiger partial charge on any atom is -0.375 e. The lowest BCUT2D eigenvalue weighted by atomic mass is 9.77. The minimum atomic E-state index is -0.433. The normalized spacial score (nSPS) is 21.5. The fraction of sp³-hybridized carbons (Fsp3) is 0.238. The number of rotatable bonds is 4. The van der Waals surface area contributed by atoms with E-state index in [0.717, 1.165) is 41.7 Å².